The first-order valence-corrected chi connectivity index (χ1v) is 14.2. The minimum Gasteiger partial charge on any atom is -0.494 e. The number of benzene rings is 2. The standard InChI is InChI=1S/C28H32F2N3O4P/c1-3-5-19-7-11-23-24-15-20(17-32-26(24)27(31)33-25(23)16-19)6-8-21-9-10-22(14-18(21)2)37-13-4-12-28(29,30)38(34,35)36/h7,9-11,14-17H,3-6,8,12-13H2,1-2H3,(H2,31,33)(H2,34,35,36). The zero-order valence-electron chi connectivity index (χ0n) is 21.5. The molecule has 7 nitrogen and oxygen atoms in total. The van der Waals surface area contributed by atoms with E-state index in [0.717, 1.165) is 58.7 Å². The van der Waals surface area contributed by atoms with Crippen LogP contribution in [0.15, 0.2) is 48.7 Å². The van der Waals surface area contributed by atoms with Crippen molar-refractivity contribution < 1.29 is 27.9 Å². The van der Waals surface area contributed by atoms with Gasteiger partial charge in [-0.1, -0.05) is 31.5 Å². The SMILES string of the molecule is CCCc1ccc2c(c1)nc(N)c1ncc(CCc3ccc(OCCCC(F)(F)P(=O)(O)O)cc3C)cc12. The lowest BCUT2D eigenvalue weighted by Crippen LogP contribution is -2.17. The fraction of sp³-hybridized carbons (Fsp3) is 0.357. The molecule has 0 fully saturated rings. The summed E-state index contributed by atoms with van der Waals surface area (Å²) in [4.78, 5) is 26.6. The molecule has 0 aliphatic carbocycles. The molecule has 202 valence electrons. The van der Waals surface area contributed by atoms with Crippen molar-refractivity contribution in [3.63, 3.8) is 0 Å². The van der Waals surface area contributed by atoms with Crippen molar-refractivity contribution in [3.8, 4) is 5.75 Å². The Hall–Kier alpha value is -3.13. The Bertz CT molecular complexity index is 1510. The number of rotatable bonds is 11. The van der Waals surface area contributed by atoms with Crippen LogP contribution < -0.4 is 10.5 Å². The Morgan fingerprint density at radius 1 is 1.03 bits per heavy atom. The van der Waals surface area contributed by atoms with Crippen LogP contribution in [0.1, 0.15) is 48.4 Å². The summed E-state index contributed by atoms with van der Waals surface area (Å²) in [7, 11) is -5.46. The Morgan fingerprint density at radius 3 is 2.53 bits per heavy atom. The Labute approximate surface area is 220 Å². The third-order valence-electron chi connectivity index (χ3n) is 6.63. The van der Waals surface area contributed by atoms with E-state index in [4.69, 9.17) is 20.3 Å². The van der Waals surface area contributed by atoms with Crippen LogP contribution in [0.25, 0.3) is 21.8 Å². The van der Waals surface area contributed by atoms with E-state index in [0.29, 0.717) is 17.1 Å². The van der Waals surface area contributed by atoms with Crippen molar-refractivity contribution in [2.45, 2.75) is 58.0 Å². The van der Waals surface area contributed by atoms with E-state index >= 15 is 0 Å². The van der Waals surface area contributed by atoms with E-state index in [9.17, 15) is 13.3 Å². The van der Waals surface area contributed by atoms with Gasteiger partial charge in [0.05, 0.1) is 12.1 Å². The predicted molar refractivity (Wildman–Crippen MR) is 146 cm³/mol. The molecule has 2 aromatic carbocycles. The number of alkyl halides is 2. The molecule has 0 spiro atoms. The van der Waals surface area contributed by atoms with Crippen LogP contribution in [0.3, 0.4) is 0 Å². The number of pyridine rings is 2. The molecule has 0 saturated heterocycles. The molecule has 0 saturated carbocycles. The van der Waals surface area contributed by atoms with E-state index < -0.39 is 19.7 Å². The van der Waals surface area contributed by atoms with Gasteiger partial charge in [0, 0.05) is 23.4 Å². The molecule has 2 heterocycles. The topological polar surface area (TPSA) is 119 Å². The summed E-state index contributed by atoms with van der Waals surface area (Å²) >= 11 is 0. The number of halogens is 2. The summed E-state index contributed by atoms with van der Waals surface area (Å²) in [5.74, 6) is 0.944. The monoisotopic (exact) mass is 543 g/mol. The van der Waals surface area contributed by atoms with Crippen LogP contribution >= 0.6 is 7.60 Å². The van der Waals surface area contributed by atoms with Gasteiger partial charge in [0.1, 0.15) is 11.3 Å². The van der Waals surface area contributed by atoms with Gasteiger partial charge in [-0.2, -0.15) is 8.78 Å². The van der Waals surface area contributed by atoms with Crippen LogP contribution in [0.5, 0.6) is 5.75 Å². The summed E-state index contributed by atoms with van der Waals surface area (Å²) in [6, 6.07) is 14.0. The molecule has 0 aliphatic heterocycles. The molecule has 0 amide bonds. The zero-order valence-corrected chi connectivity index (χ0v) is 22.3. The third-order valence-corrected chi connectivity index (χ3v) is 7.71. The highest BCUT2D eigenvalue weighted by Gasteiger charge is 2.47. The van der Waals surface area contributed by atoms with Crippen molar-refractivity contribution in [3.05, 3.63) is 70.9 Å². The number of hydrogen-bond donors (Lipinski definition) is 3. The smallest absolute Gasteiger partial charge is 0.394 e. The van der Waals surface area contributed by atoms with Crippen LogP contribution in [0.2, 0.25) is 0 Å². The maximum Gasteiger partial charge on any atom is 0.394 e. The average Bonchev–Trinajstić information content (AvgIpc) is 2.85. The van der Waals surface area contributed by atoms with Gasteiger partial charge >= 0.3 is 13.3 Å². The van der Waals surface area contributed by atoms with E-state index in [1.807, 2.05) is 25.3 Å². The first kappa shape index (κ1) is 27.9. The highest BCUT2D eigenvalue weighted by atomic mass is 31.2. The molecule has 4 N–H and O–H groups in total. The molecule has 2 aromatic heterocycles. The third kappa shape index (κ3) is 6.29. The van der Waals surface area contributed by atoms with Gasteiger partial charge < -0.3 is 20.3 Å². The highest BCUT2D eigenvalue weighted by Crippen LogP contribution is 2.55. The minimum absolute atomic E-state index is 0.0665. The Morgan fingerprint density at radius 2 is 1.82 bits per heavy atom. The molecule has 0 aliphatic rings. The average molecular weight is 544 g/mol. The molecule has 0 unspecified atom stereocenters. The lowest BCUT2D eigenvalue weighted by Gasteiger charge is -2.17. The Kier molecular flexibility index (Phi) is 8.31. The fourth-order valence-corrected chi connectivity index (χ4v) is 4.97. The summed E-state index contributed by atoms with van der Waals surface area (Å²) < 4.78 is 43.1. The molecular formula is C28H32F2N3O4P. The van der Waals surface area contributed by atoms with Crippen LogP contribution in [0, 0.1) is 6.92 Å². The van der Waals surface area contributed by atoms with Crippen LogP contribution in [-0.2, 0) is 23.8 Å². The van der Waals surface area contributed by atoms with E-state index in [1.54, 1.807) is 6.07 Å². The van der Waals surface area contributed by atoms with E-state index in [1.165, 1.54) is 5.56 Å². The molecule has 4 aromatic rings. The van der Waals surface area contributed by atoms with Crippen molar-refractivity contribution in [2.75, 3.05) is 12.3 Å². The second kappa shape index (κ2) is 11.3. The molecular weight excluding hydrogens is 511 g/mol. The number of fused-ring (bicyclic) bond motifs is 3. The number of nitrogens with zero attached hydrogens (tertiary/aromatic N) is 2. The number of hydrogen-bond acceptors (Lipinski definition) is 5. The van der Waals surface area contributed by atoms with Gasteiger partial charge in [-0.25, -0.2) is 4.98 Å². The largest absolute Gasteiger partial charge is 0.494 e. The quantitative estimate of drug-likeness (QED) is 0.115. The highest BCUT2D eigenvalue weighted by molar-refractivity contribution is 7.53. The van der Waals surface area contributed by atoms with Crippen molar-refractivity contribution in [1.29, 1.82) is 0 Å². The first-order chi connectivity index (χ1) is 18.0. The second-order valence-corrected chi connectivity index (χ2v) is 11.3. The molecule has 0 atom stereocenters. The summed E-state index contributed by atoms with van der Waals surface area (Å²) in [6.45, 7) is 4.04. The lowest BCUT2D eigenvalue weighted by atomic mass is 9.99. The van der Waals surface area contributed by atoms with Crippen LogP contribution in [-0.4, -0.2) is 32.0 Å². The van der Waals surface area contributed by atoms with E-state index in [-0.39, 0.29) is 13.0 Å². The summed E-state index contributed by atoms with van der Waals surface area (Å²) in [5.41, 5.74) is 8.18. The summed E-state index contributed by atoms with van der Waals surface area (Å²) in [6.07, 6.45) is 4.30. The van der Waals surface area contributed by atoms with Gasteiger partial charge in [-0.15, -0.1) is 0 Å². The number of aryl methyl sites for hydroxylation is 4. The first-order valence-electron chi connectivity index (χ1n) is 12.6. The normalized spacial score (nSPS) is 12.4. The second-order valence-electron chi connectivity index (χ2n) is 9.59. The number of ether oxygens (including phenoxy) is 1. The van der Waals surface area contributed by atoms with Crippen molar-refractivity contribution in [2.24, 2.45) is 0 Å². The lowest BCUT2D eigenvalue weighted by molar-refractivity contribution is 0.0445. The van der Waals surface area contributed by atoms with Gasteiger partial charge in [-0.3, -0.25) is 9.55 Å². The van der Waals surface area contributed by atoms with Crippen molar-refractivity contribution >= 4 is 35.2 Å². The molecule has 38 heavy (non-hydrogen) atoms. The number of nitrogens with two attached hydrogens (primary N) is 1. The maximum absolute atomic E-state index is 13.4. The maximum atomic E-state index is 13.4. The van der Waals surface area contributed by atoms with Crippen LogP contribution in [0.4, 0.5) is 14.6 Å². The van der Waals surface area contributed by atoms with Gasteiger partial charge in [0.25, 0.3) is 0 Å². The number of anilines is 1. The van der Waals surface area contributed by atoms with Gasteiger partial charge in [0.2, 0.25) is 0 Å². The van der Waals surface area contributed by atoms with Gasteiger partial charge in [-0.05, 0) is 79.1 Å². The molecule has 10 heteroatoms. The fourth-order valence-electron chi connectivity index (χ4n) is 4.52. The molecule has 4 rings (SSSR count). The van der Waals surface area contributed by atoms with Crippen molar-refractivity contribution in [1.82, 2.24) is 9.97 Å². The Balaban J connectivity index is 1.42. The van der Waals surface area contributed by atoms with Gasteiger partial charge in [0.15, 0.2) is 5.82 Å². The number of aromatic nitrogens is 2. The summed E-state index contributed by atoms with van der Waals surface area (Å²) in [5, 5.41) is 2.01. The molecule has 0 bridgehead atoms. The minimum atomic E-state index is -5.46. The zero-order chi connectivity index (χ0) is 27.5. The predicted octanol–water partition coefficient (Wildman–Crippen LogP) is 6.34. The number of nitrogen functional groups attached to an aromatic ring is 1. The molecule has 0 radical (unpaired) electrons. The van der Waals surface area contributed by atoms with E-state index in [2.05, 4.69) is 41.2 Å².